The second kappa shape index (κ2) is 15.9. The van der Waals surface area contributed by atoms with E-state index in [-0.39, 0.29) is 54.4 Å². The van der Waals surface area contributed by atoms with E-state index in [1.807, 2.05) is 32.9 Å². The highest BCUT2D eigenvalue weighted by atomic mass is 16.6. The number of aliphatic carboxylic acids is 1. The summed E-state index contributed by atoms with van der Waals surface area (Å²) in [6, 6.07) is 0. The molecule has 2 N–H and O–H groups in total. The largest absolute Gasteiger partial charge is 0.481 e. The van der Waals surface area contributed by atoms with Crippen LogP contribution in [0.25, 0.3) is 0 Å². The molecular formula is C36H46O12. The van der Waals surface area contributed by atoms with Gasteiger partial charge in [-0.05, 0) is 88.4 Å². The standard InChI is InChI=1S/C12H18O2.C10H12O4.C10H14O3.C4H2O3/c1-12(2,3)14-11(13)10-7-8-4-5-9(10)6-8;1-14-10(13)8-6-3-2-5(4-6)7(8)9(11)12;11-3-4-13-10(12)9-6-7-1-2-8(9)5-7;5-3-1-2-4(6)7-3/h4-5,8-10H,6-7H2,1-3H3;2-3,5-8H,4H2,1H3,(H,11,12);1-2,7-9,11H,3-6H2;1-2H. The normalized spacial score (nSPS) is 33.6. The molecule has 10 unspecified atom stereocenters. The first kappa shape index (κ1) is 36.8. The lowest BCUT2D eigenvalue weighted by Gasteiger charge is -2.24. The first-order valence-electron chi connectivity index (χ1n) is 16.5. The molecule has 6 aliphatic carbocycles. The van der Waals surface area contributed by atoms with Gasteiger partial charge in [0.05, 0.1) is 37.4 Å². The first-order chi connectivity index (χ1) is 22.7. The maximum absolute atomic E-state index is 11.8. The molecule has 10 atom stereocenters. The number of rotatable bonds is 6. The monoisotopic (exact) mass is 670 g/mol. The molecule has 0 aromatic carbocycles. The molecule has 12 heteroatoms. The Morgan fingerprint density at radius 2 is 1.23 bits per heavy atom. The van der Waals surface area contributed by atoms with E-state index >= 15 is 0 Å². The van der Waals surface area contributed by atoms with Crippen molar-refractivity contribution in [3.8, 4) is 0 Å². The van der Waals surface area contributed by atoms with Gasteiger partial charge in [0.1, 0.15) is 12.2 Å². The SMILES string of the molecule is CC(C)(C)OC(=O)C1CC2C=CC1C2.COC(=O)C1C2C=CC(C2)C1C(=O)O.O=C(OCCO)C1CC2C=CC1C2.O=C1C=CC(=O)O1. The number of cyclic esters (lactones) is 2. The summed E-state index contributed by atoms with van der Waals surface area (Å²) in [7, 11) is 1.30. The van der Waals surface area contributed by atoms with Gasteiger partial charge in [-0.2, -0.15) is 0 Å². The van der Waals surface area contributed by atoms with Crippen LogP contribution >= 0.6 is 0 Å². The maximum atomic E-state index is 11.8. The van der Waals surface area contributed by atoms with Gasteiger partial charge in [0.25, 0.3) is 0 Å². The summed E-state index contributed by atoms with van der Waals surface area (Å²) in [6.07, 6.45) is 19.7. The smallest absolute Gasteiger partial charge is 0.338 e. The molecule has 0 saturated heterocycles. The maximum Gasteiger partial charge on any atom is 0.338 e. The highest BCUT2D eigenvalue weighted by Gasteiger charge is 2.52. The topological polar surface area (TPSA) is 180 Å². The van der Waals surface area contributed by atoms with E-state index in [4.69, 9.17) is 19.7 Å². The van der Waals surface area contributed by atoms with Gasteiger partial charge in [-0.1, -0.05) is 36.5 Å². The Labute approximate surface area is 280 Å². The number of carboxylic acid groups (broad SMARTS) is 1. The van der Waals surface area contributed by atoms with Gasteiger partial charge in [0.2, 0.25) is 0 Å². The number of aliphatic hydroxyl groups excluding tert-OH is 1. The number of carboxylic acids is 1. The summed E-state index contributed by atoms with van der Waals surface area (Å²) >= 11 is 0. The number of aliphatic hydroxyl groups is 1. The van der Waals surface area contributed by atoms with Crippen molar-refractivity contribution in [2.75, 3.05) is 20.3 Å². The second-order valence-corrected chi connectivity index (χ2v) is 14.1. The van der Waals surface area contributed by atoms with Gasteiger partial charge in [0.15, 0.2) is 0 Å². The number of fused-ring (bicyclic) bond motifs is 6. The lowest BCUT2D eigenvalue weighted by molar-refractivity contribution is -0.161. The number of hydrogen-bond acceptors (Lipinski definition) is 11. The number of carbonyl (C=O) groups is 6. The zero-order valence-corrected chi connectivity index (χ0v) is 27.8. The van der Waals surface area contributed by atoms with E-state index in [9.17, 15) is 28.8 Å². The molecule has 7 rings (SSSR count). The molecule has 3 fully saturated rings. The highest BCUT2D eigenvalue weighted by molar-refractivity contribution is 6.04. The van der Waals surface area contributed by atoms with Crippen molar-refractivity contribution < 1.29 is 57.9 Å². The van der Waals surface area contributed by atoms with E-state index in [0.29, 0.717) is 23.7 Å². The molecule has 48 heavy (non-hydrogen) atoms. The Hall–Kier alpha value is -4.06. The summed E-state index contributed by atoms with van der Waals surface area (Å²) in [5, 5.41) is 17.5. The zero-order chi connectivity index (χ0) is 35.2. The summed E-state index contributed by atoms with van der Waals surface area (Å²) in [4.78, 5) is 65.4. The molecule has 1 heterocycles. The van der Waals surface area contributed by atoms with Crippen LogP contribution in [-0.4, -0.2) is 72.0 Å². The van der Waals surface area contributed by atoms with Gasteiger partial charge in [-0.3, -0.25) is 19.2 Å². The van der Waals surface area contributed by atoms with Crippen molar-refractivity contribution in [1.29, 1.82) is 0 Å². The van der Waals surface area contributed by atoms with Crippen LogP contribution in [0.15, 0.2) is 48.6 Å². The van der Waals surface area contributed by atoms with E-state index in [1.54, 1.807) is 0 Å². The predicted molar refractivity (Wildman–Crippen MR) is 169 cm³/mol. The van der Waals surface area contributed by atoms with E-state index in [0.717, 1.165) is 44.3 Å². The lowest BCUT2D eigenvalue weighted by Crippen LogP contribution is -2.33. The van der Waals surface area contributed by atoms with Crippen molar-refractivity contribution in [3.63, 3.8) is 0 Å². The Kier molecular flexibility index (Phi) is 12.2. The molecule has 7 aliphatic rings. The van der Waals surface area contributed by atoms with Crippen LogP contribution in [0.4, 0.5) is 0 Å². The number of esters is 5. The minimum Gasteiger partial charge on any atom is -0.481 e. The number of ether oxygens (including phenoxy) is 4. The Balaban J connectivity index is 0.000000148. The third kappa shape index (κ3) is 9.30. The van der Waals surface area contributed by atoms with Crippen LogP contribution in [0.5, 0.6) is 0 Å². The molecule has 0 amide bonds. The number of allylic oxidation sites excluding steroid dienone is 6. The van der Waals surface area contributed by atoms with Gasteiger partial charge in [-0.15, -0.1) is 0 Å². The average Bonchev–Trinajstić information content (AvgIpc) is 3.90. The van der Waals surface area contributed by atoms with Gasteiger partial charge in [-0.25, -0.2) is 9.59 Å². The van der Waals surface area contributed by atoms with Crippen LogP contribution < -0.4 is 0 Å². The van der Waals surface area contributed by atoms with Crippen LogP contribution in [0.1, 0.15) is 52.9 Å². The number of carbonyl (C=O) groups excluding carboxylic acids is 5. The van der Waals surface area contributed by atoms with Crippen LogP contribution in [-0.2, 0) is 47.7 Å². The molecule has 6 bridgehead atoms. The molecule has 12 nitrogen and oxygen atoms in total. The molecule has 262 valence electrons. The molecule has 0 aromatic rings. The third-order valence-corrected chi connectivity index (χ3v) is 9.68. The minimum atomic E-state index is -0.891. The minimum absolute atomic E-state index is 0.00523. The summed E-state index contributed by atoms with van der Waals surface area (Å²) < 4.78 is 18.9. The van der Waals surface area contributed by atoms with E-state index in [1.165, 1.54) is 7.11 Å². The molecule has 1 aliphatic heterocycles. The average molecular weight is 671 g/mol. The summed E-state index contributed by atoms with van der Waals surface area (Å²) in [5.74, 6) is -1.30. The van der Waals surface area contributed by atoms with Crippen molar-refractivity contribution in [1.82, 2.24) is 0 Å². The fourth-order valence-corrected chi connectivity index (χ4v) is 7.65. The molecule has 0 radical (unpaired) electrons. The Morgan fingerprint density at radius 3 is 1.60 bits per heavy atom. The summed E-state index contributed by atoms with van der Waals surface area (Å²) in [6.45, 7) is 5.83. The molecule has 0 aromatic heterocycles. The predicted octanol–water partition coefficient (Wildman–Crippen LogP) is 3.58. The fourth-order valence-electron chi connectivity index (χ4n) is 7.65. The summed E-state index contributed by atoms with van der Waals surface area (Å²) in [5.41, 5.74) is -0.345. The van der Waals surface area contributed by atoms with E-state index < -0.39 is 35.7 Å². The fraction of sp³-hybridized carbons (Fsp3) is 0.611. The van der Waals surface area contributed by atoms with Crippen LogP contribution in [0, 0.1) is 59.2 Å². The number of hydrogen-bond donors (Lipinski definition) is 2. The quantitative estimate of drug-likeness (QED) is 0.182. The molecule has 3 saturated carbocycles. The Bertz CT molecular complexity index is 1350. The molecular weight excluding hydrogens is 624 g/mol. The van der Waals surface area contributed by atoms with E-state index in [2.05, 4.69) is 33.8 Å². The van der Waals surface area contributed by atoms with Crippen molar-refractivity contribution >= 4 is 35.8 Å². The number of methoxy groups -OCH3 is 1. The van der Waals surface area contributed by atoms with Crippen LogP contribution in [0.2, 0.25) is 0 Å². The van der Waals surface area contributed by atoms with Crippen molar-refractivity contribution in [2.45, 2.75) is 58.5 Å². The highest BCUT2D eigenvalue weighted by Crippen LogP contribution is 2.48. The second-order valence-electron chi connectivity index (χ2n) is 14.1. The van der Waals surface area contributed by atoms with Gasteiger partial charge >= 0.3 is 35.8 Å². The first-order valence-corrected chi connectivity index (χ1v) is 16.5. The van der Waals surface area contributed by atoms with Gasteiger partial charge < -0.3 is 29.2 Å². The van der Waals surface area contributed by atoms with Crippen molar-refractivity contribution in [2.24, 2.45) is 59.2 Å². The Morgan fingerprint density at radius 1 is 0.729 bits per heavy atom. The zero-order valence-electron chi connectivity index (χ0n) is 27.8. The van der Waals surface area contributed by atoms with Crippen molar-refractivity contribution in [3.05, 3.63) is 48.6 Å². The third-order valence-electron chi connectivity index (χ3n) is 9.68. The lowest BCUT2D eigenvalue weighted by atomic mass is 9.83. The molecule has 0 spiro atoms. The van der Waals surface area contributed by atoms with Crippen LogP contribution in [0.3, 0.4) is 0 Å². The van der Waals surface area contributed by atoms with Gasteiger partial charge in [0, 0.05) is 12.2 Å².